The van der Waals surface area contributed by atoms with Crippen LogP contribution in [0.1, 0.15) is 28.4 Å². The van der Waals surface area contributed by atoms with Crippen LogP contribution in [0.5, 0.6) is 0 Å². The summed E-state index contributed by atoms with van der Waals surface area (Å²) in [5, 5.41) is 16.9. The summed E-state index contributed by atoms with van der Waals surface area (Å²) in [6.07, 6.45) is 1.55. The van der Waals surface area contributed by atoms with Crippen molar-refractivity contribution in [3.05, 3.63) is 70.4 Å². The Morgan fingerprint density at radius 2 is 2.12 bits per heavy atom. The molecule has 0 radical (unpaired) electrons. The minimum atomic E-state index is -0.104. The van der Waals surface area contributed by atoms with Crippen molar-refractivity contribution in [1.29, 1.82) is 5.26 Å². The average Bonchev–Trinajstić information content (AvgIpc) is 2.66. The predicted molar refractivity (Wildman–Crippen MR) is 103 cm³/mol. The lowest BCUT2D eigenvalue weighted by Gasteiger charge is -2.12. The first-order chi connectivity index (χ1) is 12.6. The van der Waals surface area contributed by atoms with Crippen LogP contribution in [0.2, 0.25) is 5.02 Å². The summed E-state index contributed by atoms with van der Waals surface area (Å²) < 4.78 is 0. The van der Waals surface area contributed by atoms with Crippen LogP contribution in [-0.2, 0) is 6.54 Å². The number of fused-ring (bicyclic) bond motifs is 1. The van der Waals surface area contributed by atoms with Crippen molar-refractivity contribution in [3.63, 3.8) is 0 Å². The van der Waals surface area contributed by atoms with Crippen molar-refractivity contribution in [1.82, 2.24) is 10.3 Å². The minimum Gasteiger partial charge on any atom is -0.379 e. The van der Waals surface area contributed by atoms with E-state index in [0.29, 0.717) is 34.9 Å². The van der Waals surface area contributed by atoms with E-state index in [2.05, 4.69) is 21.7 Å². The van der Waals surface area contributed by atoms with Gasteiger partial charge < -0.3 is 10.6 Å². The van der Waals surface area contributed by atoms with Crippen LogP contribution in [0, 0.1) is 11.3 Å². The van der Waals surface area contributed by atoms with Gasteiger partial charge in [-0.15, -0.1) is 0 Å². The molecule has 26 heavy (non-hydrogen) atoms. The van der Waals surface area contributed by atoms with E-state index < -0.39 is 0 Å². The lowest BCUT2D eigenvalue weighted by atomic mass is 10.1. The summed E-state index contributed by atoms with van der Waals surface area (Å²) in [6, 6.07) is 14.9. The number of carbonyl (C=O) groups is 1. The van der Waals surface area contributed by atoms with Crippen molar-refractivity contribution in [2.24, 2.45) is 0 Å². The van der Waals surface area contributed by atoms with E-state index >= 15 is 0 Å². The fraction of sp³-hybridized carbons (Fsp3) is 0.150. The number of hydrogen-bond acceptors (Lipinski definition) is 4. The Balaban J connectivity index is 1.90. The maximum Gasteiger partial charge on any atom is 0.251 e. The number of nitriles is 1. The van der Waals surface area contributed by atoms with E-state index in [-0.39, 0.29) is 5.91 Å². The summed E-state index contributed by atoms with van der Waals surface area (Å²) in [7, 11) is 0. The second-order valence-electron chi connectivity index (χ2n) is 5.73. The van der Waals surface area contributed by atoms with Crippen molar-refractivity contribution in [2.75, 3.05) is 11.9 Å². The lowest BCUT2D eigenvalue weighted by molar-refractivity contribution is 0.0955. The minimum absolute atomic E-state index is 0.104. The number of hydrogen-bond donors (Lipinski definition) is 2. The zero-order valence-electron chi connectivity index (χ0n) is 14.2. The second-order valence-corrected chi connectivity index (χ2v) is 6.17. The number of amides is 1. The highest BCUT2D eigenvalue weighted by molar-refractivity contribution is 6.31. The van der Waals surface area contributed by atoms with E-state index in [9.17, 15) is 10.1 Å². The molecule has 1 amide bonds. The Labute approximate surface area is 156 Å². The van der Waals surface area contributed by atoms with Crippen LogP contribution in [0.4, 0.5) is 5.69 Å². The molecule has 2 aromatic carbocycles. The molecule has 0 saturated heterocycles. The van der Waals surface area contributed by atoms with E-state index in [0.717, 1.165) is 16.5 Å². The van der Waals surface area contributed by atoms with Gasteiger partial charge in [0.15, 0.2) is 0 Å². The SMILES string of the molecule is CCNC(=O)c1cccc(CNc2c(C#N)cnc3ccc(Cl)cc23)c1. The molecule has 0 spiro atoms. The number of aromatic nitrogens is 1. The van der Waals surface area contributed by atoms with Gasteiger partial charge in [0.25, 0.3) is 5.91 Å². The molecule has 3 aromatic rings. The third-order valence-corrected chi connectivity index (χ3v) is 4.18. The van der Waals surface area contributed by atoms with Crippen LogP contribution in [0.25, 0.3) is 10.9 Å². The summed E-state index contributed by atoms with van der Waals surface area (Å²) in [5.41, 5.74) is 3.42. The number of benzene rings is 2. The molecule has 0 aliphatic heterocycles. The summed E-state index contributed by atoms with van der Waals surface area (Å²) in [6.45, 7) is 2.93. The first kappa shape index (κ1) is 17.7. The summed E-state index contributed by atoms with van der Waals surface area (Å²) in [5.74, 6) is -0.104. The number of carbonyl (C=O) groups excluding carboxylic acids is 1. The van der Waals surface area contributed by atoms with Gasteiger partial charge >= 0.3 is 0 Å². The van der Waals surface area contributed by atoms with Gasteiger partial charge in [0.05, 0.1) is 16.8 Å². The Morgan fingerprint density at radius 1 is 1.27 bits per heavy atom. The highest BCUT2D eigenvalue weighted by atomic mass is 35.5. The van der Waals surface area contributed by atoms with Crippen LogP contribution >= 0.6 is 11.6 Å². The molecule has 0 unspecified atom stereocenters. The monoisotopic (exact) mass is 364 g/mol. The number of rotatable bonds is 5. The molecule has 6 heteroatoms. The molecule has 0 aliphatic rings. The zero-order chi connectivity index (χ0) is 18.5. The highest BCUT2D eigenvalue weighted by Crippen LogP contribution is 2.28. The highest BCUT2D eigenvalue weighted by Gasteiger charge is 2.10. The molecule has 1 heterocycles. The fourth-order valence-electron chi connectivity index (χ4n) is 2.72. The predicted octanol–water partition coefficient (Wildman–Crippen LogP) is 4.12. The van der Waals surface area contributed by atoms with Crippen molar-refractivity contribution in [3.8, 4) is 6.07 Å². The molecule has 1 aromatic heterocycles. The largest absolute Gasteiger partial charge is 0.379 e. The van der Waals surface area contributed by atoms with Gasteiger partial charge in [-0.3, -0.25) is 9.78 Å². The topological polar surface area (TPSA) is 77.8 Å². The number of anilines is 1. The molecule has 0 aliphatic carbocycles. The number of halogens is 1. The fourth-order valence-corrected chi connectivity index (χ4v) is 2.89. The van der Waals surface area contributed by atoms with Gasteiger partial charge in [-0.05, 0) is 42.8 Å². The van der Waals surface area contributed by atoms with Gasteiger partial charge in [0.1, 0.15) is 6.07 Å². The van der Waals surface area contributed by atoms with Crippen molar-refractivity contribution >= 4 is 34.1 Å². The smallest absolute Gasteiger partial charge is 0.251 e. The zero-order valence-corrected chi connectivity index (χ0v) is 15.0. The quantitative estimate of drug-likeness (QED) is 0.713. The first-order valence-electron chi connectivity index (χ1n) is 8.21. The Hall–Kier alpha value is -3.10. The third-order valence-electron chi connectivity index (χ3n) is 3.95. The first-order valence-corrected chi connectivity index (χ1v) is 8.59. The van der Waals surface area contributed by atoms with Gasteiger partial charge in [0.2, 0.25) is 0 Å². The van der Waals surface area contributed by atoms with E-state index in [1.54, 1.807) is 24.4 Å². The maximum atomic E-state index is 12.0. The molecule has 2 N–H and O–H groups in total. The summed E-state index contributed by atoms with van der Waals surface area (Å²) >= 11 is 6.11. The molecule has 3 rings (SSSR count). The average molecular weight is 365 g/mol. The normalized spacial score (nSPS) is 10.3. The number of nitrogens with one attached hydrogen (secondary N) is 2. The molecular formula is C20H17ClN4O. The van der Waals surface area contributed by atoms with Crippen LogP contribution < -0.4 is 10.6 Å². The molecule has 0 bridgehead atoms. The molecule has 0 atom stereocenters. The van der Waals surface area contributed by atoms with Gasteiger partial charge in [-0.25, -0.2) is 0 Å². The molecular weight excluding hydrogens is 348 g/mol. The van der Waals surface area contributed by atoms with Gasteiger partial charge in [-0.2, -0.15) is 5.26 Å². The summed E-state index contributed by atoms with van der Waals surface area (Å²) in [4.78, 5) is 16.3. The second kappa shape index (κ2) is 7.85. The molecule has 5 nitrogen and oxygen atoms in total. The molecule has 130 valence electrons. The number of pyridine rings is 1. The van der Waals surface area contributed by atoms with E-state index in [1.807, 2.05) is 31.2 Å². The van der Waals surface area contributed by atoms with E-state index in [4.69, 9.17) is 11.6 Å². The van der Waals surface area contributed by atoms with Crippen LogP contribution in [0.3, 0.4) is 0 Å². The molecule has 0 saturated carbocycles. The lowest BCUT2D eigenvalue weighted by Crippen LogP contribution is -2.22. The van der Waals surface area contributed by atoms with Crippen LogP contribution in [-0.4, -0.2) is 17.4 Å². The van der Waals surface area contributed by atoms with Gasteiger partial charge in [0, 0.05) is 35.3 Å². The van der Waals surface area contributed by atoms with Crippen LogP contribution in [0.15, 0.2) is 48.7 Å². The van der Waals surface area contributed by atoms with Gasteiger partial charge in [-0.1, -0.05) is 23.7 Å². The third kappa shape index (κ3) is 3.76. The standard InChI is InChI=1S/C20H17ClN4O/c1-2-23-20(26)14-5-3-4-13(8-14)11-25-19-15(10-22)12-24-18-7-6-16(21)9-17(18)19/h3-9,12H,2,11H2,1H3,(H,23,26)(H,24,25). The Kier molecular flexibility index (Phi) is 5.35. The van der Waals surface area contributed by atoms with Crippen molar-refractivity contribution < 1.29 is 4.79 Å². The molecule has 0 fully saturated rings. The van der Waals surface area contributed by atoms with E-state index in [1.165, 1.54) is 0 Å². The van der Waals surface area contributed by atoms with Crippen molar-refractivity contribution in [2.45, 2.75) is 13.5 Å². The number of nitrogens with zero attached hydrogens (tertiary/aromatic N) is 2. The Bertz CT molecular complexity index is 1010. The Morgan fingerprint density at radius 3 is 2.88 bits per heavy atom. The maximum absolute atomic E-state index is 12.0.